The van der Waals surface area contributed by atoms with Crippen molar-refractivity contribution in [1.82, 2.24) is 4.90 Å². The number of benzene rings is 3. The molecule has 0 bridgehead atoms. The SMILES string of the molecule is COc1ccc(/C(=C\c2cc(OC)c(OC)c(OC)c2)CN2C(=O)c3ccccc3C2=O)cc1. The Bertz CT molecular complexity index is 1200. The lowest BCUT2D eigenvalue weighted by atomic mass is 10.0. The van der Waals surface area contributed by atoms with E-state index in [0.717, 1.165) is 16.7 Å². The van der Waals surface area contributed by atoms with Crippen molar-refractivity contribution < 1.29 is 28.5 Å². The van der Waals surface area contributed by atoms with E-state index in [9.17, 15) is 9.59 Å². The third-order valence-electron chi connectivity index (χ3n) is 5.70. The summed E-state index contributed by atoms with van der Waals surface area (Å²) in [5, 5.41) is 0. The summed E-state index contributed by atoms with van der Waals surface area (Å²) in [7, 11) is 6.24. The monoisotopic (exact) mass is 459 g/mol. The minimum Gasteiger partial charge on any atom is -0.497 e. The van der Waals surface area contributed by atoms with Crippen molar-refractivity contribution in [2.75, 3.05) is 35.0 Å². The van der Waals surface area contributed by atoms with Crippen molar-refractivity contribution in [3.8, 4) is 23.0 Å². The van der Waals surface area contributed by atoms with Crippen LogP contribution in [0, 0.1) is 0 Å². The maximum Gasteiger partial charge on any atom is 0.261 e. The standard InChI is InChI=1S/C27H25NO6/c1-31-20-11-9-18(10-12-20)19(13-17-14-23(32-2)25(34-4)24(15-17)33-3)16-28-26(29)21-7-5-6-8-22(21)27(28)30/h5-15H,16H2,1-4H3/b19-13-. The van der Waals surface area contributed by atoms with E-state index in [1.54, 1.807) is 52.7 Å². The van der Waals surface area contributed by atoms with Crippen LogP contribution in [0.2, 0.25) is 0 Å². The summed E-state index contributed by atoms with van der Waals surface area (Å²) in [4.78, 5) is 27.3. The van der Waals surface area contributed by atoms with Gasteiger partial charge in [-0.05, 0) is 59.2 Å². The minimum atomic E-state index is -0.315. The van der Waals surface area contributed by atoms with Crippen LogP contribution in [0.3, 0.4) is 0 Å². The number of imide groups is 1. The number of carbonyl (C=O) groups is 2. The molecule has 2 amide bonds. The van der Waals surface area contributed by atoms with Crippen LogP contribution >= 0.6 is 0 Å². The molecule has 0 unspecified atom stereocenters. The van der Waals surface area contributed by atoms with Crippen molar-refractivity contribution >= 4 is 23.5 Å². The molecule has 1 heterocycles. The lowest BCUT2D eigenvalue weighted by Gasteiger charge is -2.18. The van der Waals surface area contributed by atoms with Crippen molar-refractivity contribution in [2.45, 2.75) is 0 Å². The van der Waals surface area contributed by atoms with Crippen LogP contribution in [0.15, 0.2) is 60.7 Å². The second-order valence-electron chi connectivity index (χ2n) is 7.60. The maximum atomic E-state index is 13.0. The van der Waals surface area contributed by atoms with Gasteiger partial charge in [-0.1, -0.05) is 24.3 Å². The first-order valence-electron chi connectivity index (χ1n) is 10.6. The molecule has 0 atom stereocenters. The smallest absolute Gasteiger partial charge is 0.261 e. The third-order valence-corrected chi connectivity index (χ3v) is 5.70. The summed E-state index contributed by atoms with van der Waals surface area (Å²) in [6.45, 7) is 0.0926. The van der Waals surface area contributed by atoms with Crippen molar-refractivity contribution in [3.05, 3.63) is 82.9 Å². The molecule has 0 fully saturated rings. The molecule has 174 valence electrons. The highest BCUT2D eigenvalue weighted by atomic mass is 16.5. The molecule has 1 aliphatic rings. The van der Waals surface area contributed by atoms with Gasteiger partial charge in [0, 0.05) is 0 Å². The molecule has 7 heteroatoms. The molecule has 0 aliphatic carbocycles. The topological polar surface area (TPSA) is 74.3 Å². The zero-order valence-corrected chi connectivity index (χ0v) is 19.5. The Kier molecular flexibility index (Phi) is 6.54. The zero-order valence-electron chi connectivity index (χ0n) is 19.5. The molecule has 7 nitrogen and oxygen atoms in total. The van der Waals surface area contributed by atoms with Crippen molar-refractivity contribution in [3.63, 3.8) is 0 Å². The highest BCUT2D eigenvalue weighted by Gasteiger charge is 2.35. The largest absolute Gasteiger partial charge is 0.497 e. The predicted molar refractivity (Wildman–Crippen MR) is 129 cm³/mol. The van der Waals surface area contributed by atoms with Crippen LogP contribution in [-0.2, 0) is 0 Å². The Morgan fingerprint density at radius 2 is 1.32 bits per heavy atom. The number of ether oxygens (including phenoxy) is 4. The molecule has 34 heavy (non-hydrogen) atoms. The number of hydrogen-bond acceptors (Lipinski definition) is 6. The first kappa shape index (κ1) is 22.9. The molecule has 1 aliphatic heterocycles. The minimum absolute atomic E-state index is 0.0926. The molecule has 4 rings (SSSR count). The van der Waals surface area contributed by atoms with E-state index in [1.807, 2.05) is 42.5 Å². The summed E-state index contributed by atoms with van der Waals surface area (Å²) in [5.74, 6) is 1.56. The van der Waals surface area contributed by atoms with Gasteiger partial charge in [0.05, 0.1) is 46.1 Å². The molecule has 0 spiro atoms. The van der Waals surface area contributed by atoms with Gasteiger partial charge >= 0.3 is 0 Å². The number of amides is 2. The average molecular weight is 459 g/mol. The van der Waals surface area contributed by atoms with Crippen molar-refractivity contribution in [1.29, 1.82) is 0 Å². The molecular formula is C27H25NO6. The summed E-state index contributed by atoms with van der Waals surface area (Å²) in [6.07, 6.45) is 1.90. The highest BCUT2D eigenvalue weighted by molar-refractivity contribution is 6.22. The number of rotatable bonds is 8. The molecular weight excluding hydrogens is 434 g/mol. The Morgan fingerprint density at radius 1 is 0.765 bits per heavy atom. The first-order valence-corrected chi connectivity index (χ1v) is 10.6. The van der Waals surface area contributed by atoms with E-state index in [2.05, 4.69) is 0 Å². The van der Waals surface area contributed by atoms with E-state index in [-0.39, 0.29) is 18.4 Å². The van der Waals surface area contributed by atoms with Gasteiger partial charge in [0.1, 0.15) is 5.75 Å². The van der Waals surface area contributed by atoms with Gasteiger partial charge in [-0.2, -0.15) is 0 Å². The number of hydrogen-bond donors (Lipinski definition) is 0. The second kappa shape index (κ2) is 9.70. The number of nitrogens with zero attached hydrogens (tertiary/aromatic N) is 1. The number of carbonyl (C=O) groups excluding carboxylic acids is 2. The zero-order chi connectivity index (χ0) is 24.2. The Balaban J connectivity index is 1.79. The molecule has 0 radical (unpaired) electrons. The molecule has 0 saturated carbocycles. The van der Waals surface area contributed by atoms with Gasteiger partial charge in [-0.3, -0.25) is 14.5 Å². The average Bonchev–Trinajstić information content (AvgIpc) is 3.12. The fraction of sp³-hybridized carbons (Fsp3) is 0.185. The van der Waals surface area contributed by atoms with Crippen LogP contribution in [0.4, 0.5) is 0 Å². The quantitative estimate of drug-likeness (QED) is 0.363. The van der Waals surface area contributed by atoms with Gasteiger partial charge < -0.3 is 18.9 Å². The van der Waals surface area contributed by atoms with Crippen LogP contribution in [0.25, 0.3) is 11.6 Å². The molecule has 3 aromatic rings. The number of methoxy groups -OCH3 is 4. The Hall–Kier alpha value is -4.26. The van der Waals surface area contributed by atoms with E-state index in [0.29, 0.717) is 34.1 Å². The molecule has 0 aromatic heterocycles. The van der Waals surface area contributed by atoms with E-state index < -0.39 is 0 Å². The normalized spacial score (nSPS) is 13.1. The van der Waals surface area contributed by atoms with Gasteiger partial charge in [0.25, 0.3) is 11.8 Å². The Labute approximate surface area is 198 Å². The van der Waals surface area contributed by atoms with Crippen LogP contribution in [0.5, 0.6) is 23.0 Å². The molecule has 0 N–H and O–H groups in total. The fourth-order valence-electron chi connectivity index (χ4n) is 3.96. The molecule has 0 saturated heterocycles. The maximum absolute atomic E-state index is 13.0. The van der Waals surface area contributed by atoms with Crippen LogP contribution in [-0.4, -0.2) is 51.7 Å². The summed E-state index contributed by atoms with van der Waals surface area (Å²) >= 11 is 0. The summed E-state index contributed by atoms with van der Waals surface area (Å²) < 4.78 is 21.7. The van der Waals surface area contributed by atoms with Gasteiger partial charge in [0.2, 0.25) is 5.75 Å². The first-order chi connectivity index (χ1) is 16.5. The van der Waals surface area contributed by atoms with Gasteiger partial charge in [-0.15, -0.1) is 0 Å². The van der Waals surface area contributed by atoms with E-state index in [4.69, 9.17) is 18.9 Å². The highest BCUT2D eigenvalue weighted by Crippen LogP contribution is 2.39. The van der Waals surface area contributed by atoms with Gasteiger partial charge in [-0.25, -0.2) is 0 Å². The fourth-order valence-corrected chi connectivity index (χ4v) is 3.96. The van der Waals surface area contributed by atoms with E-state index in [1.165, 1.54) is 4.90 Å². The summed E-state index contributed by atoms with van der Waals surface area (Å²) in [5.41, 5.74) is 3.18. The van der Waals surface area contributed by atoms with Crippen molar-refractivity contribution in [2.24, 2.45) is 0 Å². The van der Waals surface area contributed by atoms with Crippen LogP contribution in [0.1, 0.15) is 31.8 Å². The number of fused-ring (bicyclic) bond motifs is 1. The lowest BCUT2D eigenvalue weighted by molar-refractivity contribution is 0.0675. The lowest BCUT2D eigenvalue weighted by Crippen LogP contribution is -2.31. The summed E-state index contributed by atoms with van der Waals surface area (Å²) in [6, 6.07) is 17.9. The Morgan fingerprint density at radius 3 is 1.79 bits per heavy atom. The molecule has 3 aromatic carbocycles. The van der Waals surface area contributed by atoms with E-state index >= 15 is 0 Å². The predicted octanol–water partition coefficient (Wildman–Crippen LogP) is 4.56. The van der Waals surface area contributed by atoms with Crippen LogP contribution < -0.4 is 18.9 Å². The second-order valence-corrected chi connectivity index (χ2v) is 7.60. The third kappa shape index (κ3) is 4.20. The van der Waals surface area contributed by atoms with Gasteiger partial charge in [0.15, 0.2) is 11.5 Å².